The number of carbonyl (C=O) groups excluding carboxylic acids is 1. The molecular weight excluding hydrogens is 441 g/mol. The number of hydrogen-bond acceptors (Lipinski definition) is 5. The molecule has 0 aliphatic heterocycles. The monoisotopic (exact) mass is 455 g/mol. The van der Waals surface area contributed by atoms with Gasteiger partial charge in [0.15, 0.2) is 0 Å². The van der Waals surface area contributed by atoms with Crippen LogP contribution in [0.5, 0.6) is 0 Å². The molecule has 1 aromatic heterocycles. The standard InChI is InChI=1S/C18H15Cl2N3O3S2/c1-10-16(27-18(23-10)15-13(19)3-2-4-14(15)20)17(24)22-9-11-5-7-12(8-6-11)28(21,25)26/h2-8H,9H2,1H3,(H,22,24)(H2,21,25,26). The SMILES string of the molecule is Cc1nc(-c2c(Cl)cccc2Cl)sc1C(=O)NCc1ccc(S(N)(=O)=O)cc1. The first-order valence-corrected chi connectivity index (χ1v) is 11.1. The van der Waals surface area contributed by atoms with E-state index in [4.69, 9.17) is 28.3 Å². The van der Waals surface area contributed by atoms with Crippen molar-refractivity contribution in [3.63, 3.8) is 0 Å². The zero-order chi connectivity index (χ0) is 20.5. The molecule has 1 amide bonds. The molecule has 28 heavy (non-hydrogen) atoms. The van der Waals surface area contributed by atoms with Crippen molar-refractivity contribution in [2.24, 2.45) is 5.14 Å². The molecule has 0 atom stereocenters. The second-order valence-corrected chi connectivity index (χ2v) is 9.28. The van der Waals surface area contributed by atoms with E-state index in [1.54, 1.807) is 37.3 Å². The van der Waals surface area contributed by atoms with Gasteiger partial charge in [0.1, 0.15) is 9.88 Å². The number of halogens is 2. The van der Waals surface area contributed by atoms with Crippen LogP contribution in [-0.2, 0) is 16.6 Å². The van der Waals surface area contributed by atoms with Crippen LogP contribution in [0.1, 0.15) is 20.9 Å². The van der Waals surface area contributed by atoms with E-state index in [-0.39, 0.29) is 17.3 Å². The number of amides is 1. The third kappa shape index (κ3) is 4.53. The fraction of sp³-hybridized carbons (Fsp3) is 0.111. The molecule has 1 heterocycles. The number of nitrogens with one attached hydrogen (secondary N) is 1. The minimum atomic E-state index is -3.75. The van der Waals surface area contributed by atoms with E-state index < -0.39 is 10.0 Å². The maximum Gasteiger partial charge on any atom is 0.263 e. The number of aryl methyl sites for hydroxylation is 1. The molecule has 0 unspecified atom stereocenters. The van der Waals surface area contributed by atoms with Gasteiger partial charge in [-0.25, -0.2) is 18.5 Å². The van der Waals surface area contributed by atoms with E-state index in [2.05, 4.69) is 10.3 Å². The summed E-state index contributed by atoms with van der Waals surface area (Å²) in [4.78, 5) is 17.4. The van der Waals surface area contributed by atoms with Crippen LogP contribution in [0.3, 0.4) is 0 Å². The number of rotatable bonds is 5. The summed E-state index contributed by atoms with van der Waals surface area (Å²) in [5.74, 6) is -0.292. The lowest BCUT2D eigenvalue weighted by Gasteiger charge is -2.05. The average molecular weight is 456 g/mol. The molecular formula is C18H15Cl2N3O3S2. The summed E-state index contributed by atoms with van der Waals surface area (Å²) in [6.45, 7) is 1.96. The van der Waals surface area contributed by atoms with Gasteiger partial charge < -0.3 is 5.32 Å². The van der Waals surface area contributed by atoms with Crippen LogP contribution < -0.4 is 10.5 Å². The average Bonchev–Trinajstić information content (AvgIpc) is 3.00. The van der Waals surface area contributed by atoms with Crippen LogP contribution in [0, 0.1) is 6.92 Å². The number of sulfonamides is 1. The zero-order valence-electron chi connectivity index (χ0n) is 14.6. The van der Waals surface area contributed by atoms with E-state index in [0.29, 0.717) is 31.2 Å². The lowest BCUT2D eigenvalue weighted by Crippen LogP contribution is -2.22. The van der Waals surface area contributed by atoms with Gasteiger partial charge in [0.05, 0.1) is 20.6 Å². The van der Waals surface area contributed by atoms with Gasteiger partial charge in [0.25, 0.3) is 5.91 Å². The summed E-state index contributed by atoms with van der Waals surface area (Å²) in [6, 6.07) is 11.1. The number of nitrogens with two attached hydrogens (primary N) is 1. The zero-order valence-corrected chi connectivity index (χ0v) is 17.7. The highest BCUT2D eigenvalue weighted by Gasteiger charge is 2.19. The van der Waals surface area contributed by atoms with Gasteiger partial charge in [-0.15, -0.1) is 11.3 Å². The topological polar surface area (TPSA) is 102 Å². The van der Waals surface area contributed by atoms with Gasteiger partial charge in [0, 0.05) is 12.1 Å². The second kappa shape index (κ2) is 8.18. The Kier molecular flexibility index (Phi) is 6.07. The second-order valence-electron chi connectivity index (χ2n) is 5.90. The first-order chi connectivity index (χ1) is 13.2. The minimum absolute atomic E-state index is 0.0159. The van der Waals surface area contributed by atoms with E-state index in [1.807, 2.05) is 0 Å². The molecule has 2 aromatic carbocycles. The molecule has 3 rings (SSSR count). The van der Waals surface area contributed by atoms with Crippen molar-refractivity contribution < 1.29 is 13.2 Å². The normalized spacial score (nSPS) is 11.4. The number of benzene rings is 2. The van der Waals surface area contributed by atoms with Crippen LogP contribution in [0.15, 0.2) is 47.4 Å². The van der Waals surface area contributed by atoms with Crippen LogP contribution in [-0.4, -0.2) is 19.3 Å². The number of hydrogen-bond donors (Lipinski definition) is 2. The molecule has 0 fully saturated rings. The van der Waals surface area contributed by atoms with Crippen molar-refractivity contribution in [2.75, 3.05) is 0 Å². The lowest BCUT2D eigenvalue weighted by atomic mass is 10.2. The van der Waals surface area contributed by atoms with E-state index in [9.17, 15) is 13.2 Å². The molecule has 0 aliphatic rings. The molecule has 0 radical (unpaired) electrons. The smallest absolute Gasteiger partial charge is 0.263 e. The Morgan fingerprint density at radius 3 is 2.32 bits per heavy atom. The quantitative estimate of drug-likeness (QED) is 0.606. The predicted molar refractivity (Wildman–Crippen MR) is 111 cm³/mol. The Morgan fingerprint density at radius 1 is 1.14 bits per heavy atom. The number of carbonyl (C=O) groups is 1. The molecule has 146 valence electrons. The molecule has 3 aromatic rings. The third-order valence-corrected chi connectivity index (χ3v) is 6.62. The van der Waals surface area contributed by atoms with Crippen molar-refractivity contribution in [1.29, 1.82) is 0 Å². The van der Waals surface area contributed by atoms with Crippen molar-refractivity contribution in [3.8, 4) is 10.6 Å². The third-order valence-electron chi connectivity index (χ3n) is 3.88. The molecule has 0 bridgehead atoms. The van der Waals surface area contributed by atoms with Gasteiger partial charge in [-0.05, 0) is 36.8 Å². The van der Waals surface area contributed by atoms with Crippen LogP contribution in [0.25, 0.3) is 10.6 Å². The number of nitrogens with zero attached hydrogens (tertiary/aromatic N) is 1. The predicted octanol–water partition coefficient (Wildman–Crippen LogP) is 4.00. The van der Waals surface area contributed by atoms with E-state index in [0.717, 1.165) is 5.56 Å². The van der Waals surface area contributed by atoms with Gasteiger partial charge >= 0.3 is 0 Å². The Labute approximate surface area is 176 Å². The molecule has 0 saturated heterocycles. The fourth-order valence-corrected chi connectivity index (χ4v) is 4.74. The summed E-state index contributed by atoms with van der Waals surface area (Å²) >= 11 is 13.6. The molecule has 3 N–H and O–H groups in total. The maximum atomic E-state index is 12.6. The highest BCUT2D eigenvalue weighted by molar-refractivity contribution is 7.89. The van der Waals surface area contributed by atoms with Crippen molar-refractivity contribution in [2.45, 2.75) is 18.4 Å². The van der Waals surface area contributed by atoms with Crippen LogP contribution in [0.4, 0.5) is 0 Å². The molecule has 0 spiro atoms. The molecule has 10 heteroatoms. The fourth-order valence-electron chi connectivity index (χ4n) is 2.48. The maximum absolute atomic E-state index is 12.6. The highest BCUT2D eigenvalue weighted by atomic mass is 35.5. The number of thiazole rings is 1. The summed E-state index contributed by atoms with van der Waals surface area (Å²) in [6.07, 6.45) is 0. The molecule has 0 aliphatic carbocycles. The minimum Gasteiger partial charge on any atom is -0.347 e. The largest absolute Gasteiger partial charge is 0.347 e. The Balaban J connectivity index is 1.76. The molecule has 0 saturated carbocycles. The first kappa shape index (κ1) is 20.8. The van der Waals surface area contributed by atoms with Crippen molar-refractivity contribution in [1.82, 2.24) is 10.3 Å². The van der Waals surface area contributed by atoms with E-state index >= 15 is 0 Å². The van der Waals surface area contributed by atoms with Crippen LogP contribution >= 0.6 is 34.5 Å². The Hall–Kier alpha value is -1.97. The van der Waals surface area contributed by atoms with E-state index in [1.165, 1.54) is 23.5 Å². The van der Waals surface area contributed by atoms with Crippen LogP contribution in [0.2, 0.25) is 10.0 Å². The highest BCUT2D eigenvalue weighted by Crippen LogP contribution is 2.37. The van der Waals surface area contributed by atoms with Crippen molar-refractivity contribution >= 4 is 50.5 Å². The number of primary sulfonamides is 1. The Bertz CT molecular complexity index is 1120. The first-order valence-electron chi connectivity index (χ1n) is 7.98. The molecule has 6 nitrogen and oxygen atoms in total. The van der Waals surface area contributed by atoms with Gasteiger partial charge in [-0.3, -0.25) is 4.79 Å². The van der Waals surface area contributed by atoms with Gasteiger partial charge in [-0.1, -0.05) is 41.4 Å². The summed E-state index contributed by atoms with van der Waals surface area (Å²) in [5, 5.41) is 9.35. The summed E-state index contributed by atoms with van der Waals surface area (Å²) in [5.41, 5.74) is 1.90. The lowest BCUT2D eigenvalue weighted by molar-refractivity contribution is 0.0954. The van der Waals surface area contributed by atoms with Gasteiger partial charge in [-0.2, -0.15) is 0 Å². The summed E-state index contributed by atoms with van der Waals surface area (Å²) in [7, 11) is -3.75. The summed E-state index contributed by atoms with van der Waals surface area (Å²) < 4.78 is 22.6. The van der Waals surface area contributed by atoms with Crippen molar-refractivity contribution in [3.05, 3.63) is 68.6 Å². The number of aromatic nitrogens is 1. The Morgan fingerprint density at radius 2 is 1.75 bits per heavy atom. The van der Waals surface area contributed by atoms with Gasteiger partial charge in [0.2, 0.25) is 10.0 Å².